The number of carboxylic acid groups (broad SMARTS) is 3. The predicted octanol–water partition coefficient (Wildman–Crippen LogP) is -2.09. The van der Waals surface area contributed by atoms with Crippen LogP contribution in [0.3, 0.4) is 0 Å². The molecule has 0 spiro atoms. The number of carboxylic acids is 3. The summed E-state index contributed by atoms with van der Waals surface area (Å²) in [5.41, 5.74) is 6.74. The van der Waals surface area contributed by atoms with Crippen LogP contribution >= 0.6 is 0 Å². The molecule has 3 amide bonds. The van der Waals surface area contributed by atoms with E-state index in [9.17, 15) is 44.1 Å². The van der Waals surface area contributed by atoms with Crippen LogP contribution < -0.4 is 21.7 Å². The van der Waals surface area contributed by atoms with Crippen LogP contribution in [0.4, 0.5) is 0 Å². The molecule has 0 aliphatic heterocycles. The number of aliphatic hydroxyl groups is 1. The molecule has 1 aromatic heterocycles. The zero-order valence-corrected chi connectivity index (χ0v) is 20.2. The van der Waals surface area contributed by atoms with E-state index in [0.29, 0.717) is 16.5 Å². The highest BCUT2D eigenvalue weighted by molar-refractivity contribution is 5.96. The Morgan fingerprint density at radius 2 is 1.45 bits per heavy atom. The first-order valence-corrected chi connectivity index (χ1v) is 11.4. The summed E-state index contributed by atoms with van der Waals surface area (Å²) in [6, 6.07) is 0.499. The first kappa shape index (κ1) is 29.7. The summed E-state index contributed by atoms with van der Waals surface area (Å²) in [7, 11) is 0. The second-order valence-corrected chi connectivity index (χ2v) is 8.55. The van der Waals surface area contributed by atoms with Crippen molar-refractivity contribution in [2.24, 2.45) is 5.73 Å². The molecule has 1 heterocycles. The number of benzene rings is 1. The van der Waals surface area contributed by atoms with E-state index in [4.69, 9.17) is 10.8 Å². The van der Waals surface area contributed by atoms with Crippen molar-refractivity contribution >= 4 is 46.5 Å². The van der Waals surface area contributed by atoms with E-state index >= 15 is 0 Å². The van der Waals surface area contributed by atoms with Gasteiger partial charge in [0.05, 0.1) is 25.0 Å². The van der Waals surface area contributed by atoms with Crippen LogP contribution in [-0.4, -0.2) is 91.3 Å². The molecule has 0 aliphatic carbocycles. The molecule has 1 aromatic carbocycles. The Morgan fingerprint density at radius 1 is 0.868 bits per heavy atom. The van der Waals surface area contributed by atoms with Crippen LogP contribution in [0.5, 0.6) is 0 Å². The number of aromatic nitrogens is 1. The molecule has 0 aliphatic rings. The Balaban J connectivity index is 2.33. The van der Waals surface area contributed by atoms with Crippen LogP contribution in [-0.2, 0) is 35.2 Å². The van der Waals surface area contributed by atoms with Crippen LogP contribution in [0.25, 0.3) is 10.9 Å². The third kappa shape index (κ3) is 8.28. The van der Waals surface area contributed by atoms with Gasteiger partial charge in [-0.25, -0.2) is 4.79 Å². The maximum atomic E-state index is 13.1. The molecule has 15 nitrogen and oxygen atoms in total. The fraction of sp³-hybridized carbons (Fsp3) is 0.391. The minimum atomic E-state index is -1.75. The Labute approximate surface area is 215 Å². The molecule has 5 unspecified atom stereocenters. The summed E-state index contributed by atoms with van der Waals surface area (Å²) in [4.78, 5) is 74.9. The first-order chi connectivity index (χ1) is 17.8. The van der Waals surface area contributed by atoms with Crippen molar-refractivity contribution in [2.75, 3.05) is 0 Å². The molecule has 0 bridgehead atoms. The number of carbonyl (C=O) groups excluding carboxylic acids is 3. The Bertz CT molecular complexity index is 1210. The number of aliphatic carboxylic acids is 3. The number of rotatable bonds is 14. The normalized spacial score (nSPS) is 14.9. The molecule has 206 valence electrons. The van der Waals surface area contributed by atoms with E-state index in [1.165, 1.54) is 0 Å². The molecule has 0 fully saturated rings. The predicted molar refractivity (Wildman–Crippen MR) is 130 cm³/mol. The van der Waals surface area contributed by atoms with E-state index in [1.807, 2.05) is 0 Å². The van der Waals surface area contributed by atoms with Crippen LogP contribution in [0.1, 0.15) is 25.3 Å². The van der Waals surface area contributed by atoms with Gasteiger partial charge in [-0.05, 0) is 18.6 Å². The van der Waals surface area contributed by atoms with Gasteiger partial charge >= 0.3 is 17.9 Å². The number of nitrogens with two attached hydrogens (primary N) is 1. The van der Waals surface area contributed by atoms with Crippen molar-refractivity contribution in [3.05, 3.63) is 36.0 Å². The third-order valence-corrected chi connectivity index (χ3v) is 5.52. The van der Waals surface area contributed by atoms with Gasteiger partial charge in [0.25, 0.3) is 0 Å². The molecule has 10 N–H and O–H groups in total. The molecule has 0 radical (unpaired) electrons. The average molecular weight is 536 g/mol. The minimum absolute atomic E-state index is 0.181. The summed E-state index contributed by atoms with van der Waals surface area (Å²) < 4.78 is 0. The molecular weight excluding hydrogens is 506 g/mol. The minimum Gasteiger partial charge on any atom is -0.481 e. The van der Waals surface area contributed by atoms with Gasteiger partial charge in [-0.1, -0.05) is 18.2 Å². The second kappa shape index (κ2) is 13.2. The van der Waals surface area contributed by atoms with Gasteiger partial charge in [-0.3, -0.25) is 24.0 Å². The smallest absolute Gasteiger partial charge is 0.328 e. The lowest BCUT2D eigenvalue weighted by Crippen LogP contribution is -2.59. The lowest BCUT2D eigenvalue weighted by Gasteiger charge is -2.25. The zero-order valence-electron chi connectivity index (χ0n) is 20.2. The van der Waals surface area contributed by atoms with Crippen molar-refractivity contribution in [1.82, 2.24) is 20.9 Å². The van der Waals surface area contributed by atoms with Crippen molar-refractivity contribution in [1.29, 1.82) is 0 Å². The number of aromatic amines is 1. The van der Waals surface area contributed by atoms with Gasteiger partial charge in [0.15, 0.2) is 6.04 Å². The highest BCUT2D eigenvalue weighted by Gasteiger charge is 2.33. The summed E-state index contributed by atoms with van der Waals surface area (Å²) in [6.07, 6.45) is -1.81. The van der Waals surface area contributed by atoms with Crippen LogP contribution in [0.15, 0.2) is 30.5 Å². The lowest BCUT2D eigenvalue weighted by molar-refractivity contribution is -0.145. The van der Waals surface area contributed by atoms with E-state index in [1.54, 1.807) is 30.5 Å². The summed E-state index contributed by atoms with van der Waals surface area (Å²) in [6.45, 7) is 1.14. The Morgan fingerprint density at radius 3 is 2.03 bits per heavy atom. The van der Waals surface area contributed by atoms with E-state index in [2.05, 4.69) is 20.9 Å². The number of carbonyl (C=O) groups is 6. The summed E-state index contributed by atoms with van der Waals surface area (Å²) in [5.74, 6) is -7.64. The zero-order chi connectivity index (χ0) is 28.6. The molecule has 0 saturated heterocycles. The summed E-state index contributed by atoms with van der Waals surface area (Å²) >= 11 is 0. The Kier molecular flexibility index (Phi) is 10.3. The molecule has 2 rings (SSSR count). The molecule has 0 saturated carbocycles. The monoisotopic (exact) mass is 535 g/mol. The molecule has 15 heteroatoms. The Hall–Kier alpha value is -4.50. The van der Waals surface area contributed by atoms with Gasteiger partial charge in [0, 0.05) is 23.5 Å². The van der Waals surface area contributed by atoms with Gasteiger partial charge in [-0.2, -0.15) is 0 Å². The van der Waals surface area contributed by atoms with E-state index in [0.717, 1.165) is 6.92 Å². The molecule has 2 aromatic rings. The quantitative estimate of drug-likeness (QED) is 0.127. The van der Waals surface area contributed by atoms with Gasteiger partial charge in [-0.15, -0.1) is 0 Å². The van der Waals surface area contributed by atoms with Crippen LogP contribution in [0, 0.1) is 0 Å². The maximum absolute atomic E-state index is 13.1. The standard InChI is InChI=1S/C23H29N5O10/c1-10(29)19(23(37)38)28-22(36)15(6-11-9-25-14-5-3-2-4-12(11)14)27-21(35)16(8-18(32)33)26-20(34)13(24)7-17(30)31/h2-5,9-10,13,15-16,19,25,29H,6-8,24H2,1H3,(H,26,34)(H,27,35)(H,28,36)(H,30,31)(H,32,33)(H,37,38). The number of para-hydroxylation sites is 1. The van der Waals surface area contributed by atoms with E-state index in [-0.39, 0.29) is 6.42 Å². The SMILES string of the molecule is CC(O)C(NC(=O)C(Cc1c[nH]c2ccccc12)NC(=O)C(CC(=O)O)NC(=O)C(N)CC(=O)O)C(=O)O. The number of aliphatic hydroxyl groups excluding tert-OH is 1. The topological polar surface area (TPSA) is 261 Å². The number of H-pyrrole nitrogens is 1. The van der Waals surface area contributed by atoms with Crippen molar-refractivity contribution in [3.63, 3.8) is 0 Å². The second-order valence-electron chi connectivity index (χ2n) is 8.55. The van der Waals surface area contributed by atoms with Crippen molar-refractivity contribution in [3.8, 4) is 0 Å². The molecular formula is C23H29N5O10. The number of fused-ring (bicyclic) bond motifs is 1. The highest BCUT2D eigenvalue weighted by atomic mass is 16.4. The maximum Gasteiger partial charge on any atom is 0.328 e. The number of nitrogens with one attached hydrogen (secondary N) is 4. The average Bonchev–Trinajstić information content (AvgIpc) is 3.23. The van der Waals surface area contributed by atoms with Gasteiger partial charge in [0.2, 0.25) is 17.7 Å². The third-order valence-electron chi connectivity index (χ3n) is 5.52. The largest absolute Gasteiger partial charge is 0.481 e. The number of hydrogen-bond acceptors (Lipinski definition) is 8. The van der Waals surface area contributed by atoms with Crippen molar-refractivity contribution < 1.29 is 49.2 Å². The van der Waals surface area contributed by atoms with E-state index < -0.39 is 78.7 Å². The van der Waals surface area contributed by atoms with Crippen LogP contribution in [0.2, 0.25) is 0 Å². The fourth-order valence-corrected chi connectivity index (χ4v) is 3.59. The lowest BCUT2D eigenvalue weighted by atomic mass is 10.0. The molecule has 5 atom stereocenters. The highest BCUT2D eigenvalue weighted by Crippen LogP contribution is 2.19. The molecule has 38 heavy (non-hydrogen) atoms. The number of hydrogen-bond donors (Lipinski definition) is 9. The fourth-order valence-electron chi connectivity index (χ4n) is 3.59. The van der Waals surface area contributed by atoms with Crippen molar-refractivity contribution in [2.45, 2.75) is 56.5 Å². The first-order valence-electron chi connectivity index (χ1n) is 11.4. The van der Waals surface area contributed by atoms with Gasteiger partial charge < -0.3 is 47.1 Å². The number of amides is 3. The van der Waals surface area contributed by atoms with Gasteiger partial charge in [0.1, 0.15) is 12.1 Å². The summed E-state index contributed by atoms with van der Waals surface area (Å²) in [5, 5.41) is 44.3.